The highest BCUT2D eigenvalue weighted by molar-refractivity contribution is 5.91. The summed E-state index contributed by atoms with van der Waals surface area (Å²) in [6.45, 7) is 3.11. The number of halogens is 1. The molecule has 0 spiro atoms. The van der Waals surface area contributed by atoms with Crippen LogP contribution in [0.3, 0.4) is 0 Å². The SMILES string of the molecule is CCCCN(CCCO)C(=O)Nc1cc(F)ccc1-n1cccn1. The number of aliphatic hydroxyl groups is 1. The molecule has 2 N–H and O–H groups in total. The van der Waals surface area contributed by atoms with E-state index in [1.807, 2.05) is 6.92 Å². The van der Waals surface area contributed by atoms with Gasteiger partial charge in [-0.3, -0.25) is 0 Å². The second kappa shape index (κ2) is 9.02. The molecule has 0 atom stereocenters. The van der Waals surface area contributed by atoms with Gasteiger partial charge < -0.3 is 15.3 Å². The molecule has 0 bridgehead atoms. The van der Waals surface area contributed by atoms with Crippen LogP contribution in [0.1, 0.15) is 26.2 Å². The highest BCUT2D eigenvalue weighted by Crippen LogP contribution is 2.21. The summed E-state index contributed by atoms with van der Waals surface area (Å²) in [6, 6.07) is 5.62. The van der Waals surface area contributed by atoms with Crippen molar-refractivity contribution >= 4 is 11.7 Å². The fraction of sp³-hybridized carbons (Fsp3) is 0.412. The number of aliphatic hydroxyl groups excluding tert-OH is 1. The number of hydrogen-bond donors (Lipinski definition) is 2. The van der Waals surface area contributed by atoms with Crippen molar-refractivity contribution in [3.8, 4) is 5.69 Å². The van der Waals surface area contributed by atoms with Crippen LogP contribution in [0.25, 0.3) is 5.69 Å². The summed E-state index contributed by atoms with van der Waals surface area (Å²) in [4.78, 5) is 14.2. The van der Waals surface area contributed by atoms with Crippen LogP contribution in [-0.2, 0) is 0 Å². The van der Waals surface area contributed by atoms with Gasteiger partial charge in [-0.2, -0.15) is 5.10 Å². The summed E-state index contributed by atoms with van der Waals surface area (Å²) in [6.07, 6.45) is 5.68. The molecule has 2 aromatic rings. The van der Waals surface area contributed by atoms with Crippen molar-refractivity contribution in [2.75, 3.05) is 25.0 Å². The van der Waals surface area contributed by atoms with E-state index in [0.717, 1.165) is 12.8 Å². The molecule has 0 unspecified atom stereocenters. The van der Waals surface area contributed by atoms with Gasteiger partial charge in [-0.25, -0.2) is 13.9 Å². The van der Waals surface area contributed by atoms with Crippen LogP contribution < -0.4 is 5.32 Å². The average Bonchev–Trinajstić information content (AvgIpc) is 3.09. The van der Waals surface area contributed by atoms with Gasteiger partial charge in [0.2, 0.25) is 0 Å². The molecule has 2 amide bonds. The Labute approximate surface area is 140 Å². The molecule has 130 valence electrons. The number of benzene rings is 1. The summed E-state index contributed by atoms with van der Waals surface area (Å²) in [7, 11) is 0. The second-order valence-electron chi connectivity index (χ2n) is 5.46. The molecule has 0 saturated carbocycles. The Morgan fingerprint density at radius 2 is 2.17 bits per heavy atom. The number of carbonyl (C=O) groups excluding carboxylic acids is 1. The van der Waals surface area contributed by atoms with Crippen LogP contribution in [0, 0.1) is 5.82 Å². The van der Waals surface area contributed by atoms with Crippen molar-refractivity contribution in [2.45, 2.75) is 26.2 Å². The number of aromatic nitrogens is 2. The zero-order valence-corrected chi connectivity index (χ0v) is 13.8. The maximum Gasteiger partial charge on any atom is 0.321 e. The molecular weight excluding hydrogens is 311 g/mol. The standard InChI is InChI=1S/C17H23FN4O2/c1-2-3-9-21(10-5-12-23)17(24)20-15-13-14(18)6-7-16(15)22-11-4-8-19-22/h4,6-8,11,13,23H,2-3,5,9-10,12H2,1H3,(H,20,24). The Morgan fingerprint density at radius 1 is 1.38 bits per heavy atom. The first-order valence-corrected chi connectivity index (χ1v) is 8.12. The van der Waals surface area contributed by atoms with Crippen molar-refractivity contribution in [3.05, 3.63) is 42.5 Å². The molecule has 1 heterocycles. The number of carbonyl (C=O) groups is 1. The lowest BCUT2D eigenvalue weighted by Gasteiger charge is -2.23. The minimum absolute atomic E-state index is 0.0222. The van der Waals surface area contributed by atoms with E-state index in [9.17, 15) is 9.18 Å². The number of amides is 2. The number of nitrogens with zero attached hydrogens (tertiary/aromatic N) is 3. The number of urea groups is 1. The fourth-order valence-corrected chi connectivity index (χ4v) is 2.34. The van der Waals surface area contributed by atoms with Gasteiger partial charge in [0.1, 0.15) is 5.82 Å². The molecule has 6 nitrogen and oxygen atoms in total. The summed E-state index contributed by atoms with van der Waals surface area (Å²) in [5, 5.41) is 15.9. The van der Waals surface area contributed by atoms with Gasteiger partial charge in [0.15, 0.2) is 0 Å². The van der Waals surface area contributed by atoms with E-state index in [1.165, 1.54) is 12.1 Å². The molecule has 0 saturated heterocycles. The third kappa shape index (κ3) is 4.79. The molecule has 24 heavy (non-hydrogen) atoms. The van der Waals surface area contributed by atoms with Gasteiger partial charge in [-0.1, -0.05) is 13.3 Å². The lowest BCUT2D eigenvalue weighted by Crippen LogP contribution is -2.37. The Hall–Kier alpha value is -2.41. The van der Waals surface area contributed by atoms with Crippen molar-refractivity contribution in [2.24, 2.45) is 0 Å². The van der Waals surface area contributed by atoms with Crippen molar-refractivity contribution < 1.29 is 14.3 Å². The molecule has 0 aliphatic rings. The largest absolute Gasteiger partial charge is 0.396 e. The molecule has 7 heteroatoms. The van der Waals surface area contributed by atoms with E-state index in [1.54, 1.807) is 34.1 Å². The Morgan fingerprint density at radius 3 is 2.83 bits per heavy atom. The van der Waals surface area contributed by atoms with Crippen molar-refractivity contribution in [1.29, 1.82) is 0 Å². The first-order chi connectivity index (χ1) is 11.7. The van der Waals surface area contributed by atoms with E-state index < -0.39 is 5.82 Å². The van der Waals surface area contributed by atoms with Crippen LogP contribution in [-0.4, -0.2) is 45.5 Å². The maximum absolute atomic E-state index is 13.6. The maximum atomic E-state index is 13.6. The summed E-state index contributed by atoms with van der Waals surface area (Å²) in [5.74, 6) is -0.434. The second-order valence-corrected chi connectivity index (χ2v) is 5.46. The molecule has 1 aromatic carbocycles. The highest BCUT2D eigenvalue weighted by atomic mass is 19.1. The molecule has 0 fully saturated rings. The van der Waals surface area contributed by atoms with Crippen LogP contribution in [0.2, 0.25) is 0 Å². The molecular formula is C17H23FN4O2. The Bertz CT molecular complexity index is 638. The Kier molecular flexibility index (Phi) is 6.74. The predicted octanol–water partition coefficient (Wildman–Crippen LogP) is 3.03. The topological polar surface area (TPSA) is 70.4 Å². The number of anilines is 1. The van der Waals surface area contributed by atoms with Crippen LogP contribution in [0.15, 0.2) is 36.7 Å². The van der Waals surface area contributed by atoms with Gasteiger partial charge in [-0.15, -0.1) is 0 Å². The van der Waals surface area contributed by atoms with E-state index in [2.05, 4.69) is 10.4 Å². The van der Waals surface area contributed by atoms with E-state index in [-0.39, 0.29) is 12.6 Å². The smallest absolute Gasteiger partial charge is 0.321 e. The van der Waals surface area contributed by atoms with Crippen molar-refractivity contribution in [1.82, 2.24) is 14.7 Å². The van der Waals surface area contributed by atoms with Crippen LogP contribution in [0.5, 0.6) is 0 Å². The van der Waals surface area contributed by atoms with Gasteiger partial charge in [0.25, 0.3) is 0 Å². The first-order valence-electron chi connectivity index (χ1n) is 8.12. The first kappa shape index (κ1) is 17.9. The molecule has 0 aliphatic carbocycles. The summed E-state index contributed by atoms with van der Waals surface area (Å²) >= 11 is 0. The van der Waals surface area contributed by atoms with Gasteiger partial charge in [0, 0.05) is 32.1 Å². The van der Waals surface area contributed by atoms with E-state index >= 15 is 0 Å². The van der Waals surface area contributed by atoms with Gasteiger partial charge in [0.05, 0.1) is 11.4 Å². The highest BCUT2D eigenvalue weighted by Gasteiger charge is 2.16. The lowest BCUT2D eigenvalue weighted by molar-refractivity contribution is 0.201. The molecule has 0 aliphatic heterocycles. The number of nitrogens with one attached hydrogen (secondary N) is 1. The minimum Gasteiger partial charge on any atom is -0.396 e. The monoisotopic (exact) mass is 334 g/mol. The quantitative estimate of drug-likeness (QED) is 0.779. The molecule has 0 radical (unpaired) electrons. The van der Waals surface area contributed by atoms with E-state index in [0.29, 0.717) is 30.9 Å². The third-order valence-electron chi connectivity index (χ3n) is 3.61. The van der Waals surface area contributed by atoms with Gasteiger partial charge >= 0.3 is 6.03 Å². The number of rotatable bonds is 8. The Balaban J connectivity index is 2.18. The summed E-state index contributed by atoms with van der Waals surface area (Å²) < 4.78 is 15.2. The molecule has 2 rings (SSSR count). The predicted molar refractivity (Wildman–Crippen MR) is 90.7 cm³/mol. The van der Waals surface area contributed by atoms with E-state index in [4.69, 9.17) is 5.11 Å². The normalized spacial score (nSPS) is 10.6. The van der Waals surface area contributed by atoms with Gasteiger partial charge in [-0.05, 0) is 37.1 Å². The average molecular weight is 334 g/mol. The zero-order chi connectivity index (χ0) is 17.4. The third-order valence-corrected chi connectivity index (χ3v) is 3.61. The summed E-state index contributed by atoms with van der Waals surface area (Å²) in [5.41, 5.74) is 0.946. The van der Waals surface area contributed by atoms with Crippen molar-refractivity contribution in [3.63, 3.8) is 0 Å². The number of unbranched alkanes of at least 4 members (excludes halogenated alkanes) is 1. The van der Waals surface area contributed by atoms with Crippen LogP contribution in [0.4, 0.5) is 14.9 Å². The zero-order valence-electron chi connectivity index (χ0n) is 13.8. The molecule has 1 aromatic heterocycles. The lowest BCUT2D eigenvalue weighted by atomic mass is 10.2. The van der Waals surface area contributed by atoms with Crippen LogP contribution >= 0.6 is 0 Å². The fourth-order valence-electron chi connectivity index (χ4n) is 2.34. The number of hydrogen-bond acceptors (Lipinski definition) is 3. The minimum atomic E-state index is -0.434.